The highest BCUT2D eigenvalue weighted by molar-refractivity contribution is 7.91. The average molecular weight is 391 g/mol. The van der Waals surface area contributed by atoms with Gasteiger partial charge in [0.1, 0.15) is 5.75 Å². The number of sulfone groups is 1. The Morgan fingerprint density at radius 3 is 2.79 bits per heavy atom. The summed E-state index contributed by atoms with van der Waals surface area (Å²) in [6.07, 6.45) is 0.916. The van der Waals surface area contributed by atoms with E-state index in [2.05, 4.69) is 5.32 Å². The van der Waals surface area contributed by atoms with E-state index in [-0.39, 0.29) is 23.6 Å². The van der Waals surface area contributed by atoms with Crippen molar-refractivity contribution in [2.24, 2.45) is 0 Å². The number of urea groups is 1. The number of nitrogens with one attached hydrogen (secondary N) is 1. The molecule has 2 fully saturated rings. The molecule has 3 aliphatic heterocycles. The molecule has 0 aromatic heterocycles. The number of halogens is 2. The maximum Gasteiger partial charge on any atom is 0.321 e. The Bertz CT molecular complexity index is 844. The Labute approximate surface area is 150 Å². The zero-order valence-corrected chi connectivity index (χ0v) is 15.2. The number of ether oxygens (including phenoxy) is 1. The first kappa shape index (κ1) is 16.3. The summed E-state index contributed by atoms with van der Waals surface area (Å²) in [5.74, 6) is 0.546. The Kier molecular flexibility index (Phi) is 3.50. The first-order valence-electron chi connectivity index (χ1n) is 7.67. The van der Waals surface area contributed by atoms with Crippen molar-refractivity contribution in [3.63, 3.8) is 0 Å². The van der Waals surface area contributed by atoms with E-state index in [1.807, 2.05) is 0 Å². The lowest BCUT2D eigenvalue weighted by Gasteiger charge is -2.52. The summed E-state index contributed by atoms with van der Waals surface area (Å²) < 4.78 is 29.8. The third-order valence-corrected chi connectivity index (χ3v) is 7.17. The maximum absolute atomic E-state index is 12.7. The van der Waals surface area contributed by atoms with Crippen molar-refractivity contribution in [1.82, 2.24) is 10.2 Å². The average Bonchev–Trinajstić information content (AvgIpc) is 2.79. The summed E-state index contributed by atoms with van der Waals surface area (Å²) in [5, 5.41) is 3.79. The molecular formula is C15H16Cl2N2O4S. The molecule has 130 valence electrons. The number of hydrogen-bond acceptors (Lipinski definition) is 4. The smallest absolute Gasteiger partial charge is 0.321 e. The van der Waals surface area contributed by atoms with Crippen LogP contribution in [-0.2, 0) is 9.84 Å². The monoisotopic (exact) mass is 390 g/mol. The lowest BCUT2D eigenvalue weighted by atomic mass is 9.89. The number of rotatable bonds is 1. The summed E-state index contributed by atoms with van der Waals surface area (Å²) >= 11 is 12.3. The minimum atomic E-state index is -3.12. The van der Waals surface area contributed by atoms with Gasteiger partial charge >= 0.3 is 6.03 Å². The quantitative estimate of drug-likeness (QED) is 0.799. The SMILES string of the molecule is CC12CC(NC(=O)N1C1CCS(=O)(=O)C1)c1cc(Cl)cc(Cl)c1O2. The fourth-order valence-electron chi connectivity index (χ4n) is 3.94. The van der Waals surface area contributed by atoms with E-state index in [1.54, 1.807) is 19.1 Å². The van der Waals surface area contributed by atoms with Gasteiger partial charge in [-0.3, -0.25) is 4.90 Å². The summed E-state index contributed by atoms with van der Waals surface area (Å²) in [5.41, 5.74) is -0.195. The van der Waals surface area contributed by atoms with E-state index < -0.39 is 21.6 Å². The van der Waals surface area contributed by atoms with Crippen molar-refractivity contribution in [1.29, 1.82) is 0 Å². The van der Waals surface area contributed by atoms with E-state index in [9.17, 15) is 13.2 Å². The lowest BCUT2D eigenvalue weighted by Crippen LogP contribution is -2.67. The number of benzene rings is 1. The zero-order chi connectivity index (χ0) is 17.3. The van der Waals surface area contributed by atoms with E-state index in [0.29, 0.717) is 28.6 Å². The van der Waals surface area contributed by atoms with Crippen LogP contribution in [0, 0.1) is 0 Å². The van der Waals surface area contributed by atoms with Crippen LogP contribution in [0.3, 0.4) is 0 Å². The molecule has 1 aromatic carbocycles. The molecular weight excluding hydrogens is 375 g/mol. The third kappa shape index (κ3) is 2.45. The van der Waals surface area contributed by atoms with Gasteiger partial charge in [0.05, 0.1) is 28.6 Å². The Hall–Kier alpha value is -1.18. The van der Waals surface area contributed by atoms with Crippen LogP contribution in [0.4, 0.5) is 4.79 Å². The van der Waals surface area contributed by atoms with Gasteiger partial charge in [0, 0.05) is 17.0 Å². The van der Waals surface area contributed by atoms with Crippen molar-refractivity contribution in [2.75, 3.05) is 11.5 Å². The predicted molar refractivity (Wildman–Crippen MR) is 90.3 cm³/mol. The largest absolute Gasteiger partial charge is 0.466 e. The van der Waals surface area contributed by atoms with Crippen LogP contribution in [0.5, 0.6) is 5.75 Å². The molecule has 0 aliphatic carbocycles. The topological polar surface area (TPSA) is 75.7 Å². The van der Waals surface area contributed by atoms with Gasteiger partial charge in [0.2, 0.25) is 0 Å². The molecule has 6 nitrogen and oxygen atoms in total. The Morgan fingerprint density at radius 2 is 2.12 bits per heavy atom. The van der Waals surface area contributed by atoms with Gasteiger partial charge in [-0.25, -0.2) is 13.2 Å². The molecule has 1 aromatic rings. The van der Waals surface area contributed by atoms with Crippen molar-refractivity contribution >= 4 is 39.1 Å². The Morgan fingerprint density at radius 1 is 1.38 bits per heavy atom. The molecule has 3 atom stereocenters. The van der Waals surface area contributed by atoms with E-state index >= 15 is 0 Å². The Balaban J connectivity index is 1.76. The van der Waals surface area contributed by atoms with Crippen LogP contribution in [0.15, 0.2) is 12.1 Å². The predicted octanol–water partition coefficient (Wildman–Crippen LogP) is 2.75. The summed E-state index contributed by atoms with van der Waals surface area (Å²) in [4.78, 5) is 14.2. The second kappa shape index (κ2) is 5.16. The van der Waals surface area contributed by atoms with Gasteiger partial charge in [-0.1, -0.05) is 23.2 Å². The van der Waals surface area contributed by atoms with Crippen LogP contribution >= 0.6 is 23.2 Å². The van der Waals surface area contributed by atoms with E-state index in [4.69, 9.17) is 27.9 Å². The number of nitrogens with zero attached hydrogens (tertiary/aromatic N) is 1. The zero-order valence-electron chi connectivity index (χ0n) is 12.9. The molecule has 9 heteroatoms. The number of carbonyl (C=O) groups is 1. The van der Waals surface area contributed by atoms with Crippen LogP contribution in [-0.4, -0.2) is 42.6 Å². The molecule has 2 saturated heterocycles. The van der Waals surface area contributed by atoms with Crippen molar-refractivity contribution in [2.45, 2.75) is 37.6 Å². The lowest BCUT2D eigenvalue weighted by molar-refractivity contribution is -0.0978. The van der Waals surface area contributed by atoms with Crippen LogP contribution < -0.4 is 10.1 Å². The normalized spacial score (nSPS) is 33.6. The van der Waals surface area contributed by atoms with E-state index in [1.165, 1.54) is 4.90 Å². The van der Waals surface area contributed by atoms with Crippen molar-refractivity contribution in [3.8, 4) is 5.75 Å². The number of amides is 2. The summed E-state index contributed by atoms with van der Waals surface area (Å²) in [7, 11) is -3.12. The highest BCUT2D eigenvalue weighted by Crippen LogP contribution is 2.49. The molecule has 2 amide bonds. The number of hydrogen-bond donors (Lipinski definition) is 1. The van der Waals surface area contributed by atoms with Gasteiger partial charge < -0.3 is 10.1 Å². The van der Waals surface area contributed by atoms with Gasteiger partial charge in [0.15, 0.2) is 15.6 Å². The summed E-state index contributed by atoms with van der Waals surface area (Å²) in [6.45, 7) is 1.80. The van der Waals surface area contributed by atoms with Gasteiger partial charge in [-0.15, -0.1) is 0 Å². The second-order valence-electron chi connectivity index (χ2n) is 6.72. The van der Waals surface area contributed by atoms with Crippen molar-refractivity contribution in [3.05, 3.63) is 27.7 Å². The molecule has 3 heterocycles. The molecule has 1 N–H and O–H groups in total. The minimum Gasteiger partial charge on any atom is -0.466 e. The third-order valence-electron chi connectivity index (χ3n) is 4.92. The summed E-state index contributed by atoms with van der Waals surface area (Å²) in [6, 6.07) is 2.35. The second-order valence-corrected chi connectivity index (χ2v) is 9.79. The fourth-order valence-corrected chi connectivity index (χ4v) is 6.19. The van der Waals surface area contributed by atoms with Crippen molar-refractivity contribution < 1.29 is 17.9 Å². The number of fused-ring (bicyclic) bond motifs is 4. The maximum atomic E-state index is 12.7. The first-order chi connectivity index (χ1) is 11.2. The standard InChI is InChI=1S/C15H16Cl2N2O4S/c1-15-6-12(10-4-8(16)5-11(17)13(10)23-15)18-14(20)19(15)9-2-3-24(21,22)7-9/h4-5,9,12H,2-3,6-7H2,1H3,(H,18,20). The molecule has 0 spiro atoms. The van der Waals surface area contributed by atoms with Gasteiger partial charge in [-0.05, 0) is 25.5 Å². The minimum absolute atomic E-state index is 0.0365. The first-order valence-corrected chi connectivity index (χ1v) is 10.2. The highest BCUT2D eigenvalue weighted by atomic mass is 35.5. The van der Waals surface area contributed by atoms with Crippen LogP contribution in [0.1, 0.15) is 31.4 Å². The molecule has 0 radical (unpaired) electrons. The molecule has 0 saturated carbocycles. The molecule has 4 rings (SSSR count). The van der Waals surface area contributed by atoms with Gasteiger partial charge in [-0.2, -0.15) is 0 Å². The molecule has 3 aliphatic rings. The van der Waals surface area contributed by atoms with Crippen LogP contribution in [0.2, 0.25) is 10.0 Å². The van der Waals surface area contributed by atoms with E-state index in [0.717, 1.165) is 5.56 Å². The molecule has 2 bridgehead atoms. The molecule has 3 unspecified atom stereocenters. The highest BCUT2D eigenvalue weighted by Gasteiger charge is 2.53. The van der Waals surface area contributed by atoms with Crippen LogP contribution in [0.25, 0.3) is 0 Å². The fraction of sp³-hybridized carbons (Fsp3) is 0.533. The number of carbonyl (C=O) groups excluding carboxylic acids is 1. The molecule has 24 heavy (non-hydrogen) atoms. The van der Waals surface area contributed by atoms with Gasteiger partial charge in [0.25, 0.3) is 0 Å².